The number of amides is 1. The zero-order chi connectivity index (χ0) is 27.6. The number of nitrogens with zero attached hydrogens (tertiary/aromatic N) is 6. The van der Waals surface area contributed by atoms with Gasteiger partial charge in [0, 0.05) is 43.5 Å². The molecule has 9 nitrogen and oxygen atoms in total. The van der Waals surface area contributed by atoms with Crippen LogP contribution in [0.4, 0.5) is 10.2 Å². The first-order valence-corrected chi connectivity index (χ1v) is 12.7. The summed E-state index contributed by atoms with van der Waals surface area (Å²) in [7, 11) is 0. The summed E-state index contributed by atoms with van der Waals surface area (Å²) < 4.78 is 20.5. The Hall–Kier alpha value is -4.49. The molecule has 0 radical (unpaired) electrons. The van der Waals surface area contributed by atoms with Gasteiger partial charge in [0.25, 0.3) is 0 Å². The van der Waals surface area contributed by atoms with E-state index in [1.54, 1.807) is 42.9 Å². The summed E-state index contributed by atoms with van der Waals surface area (Å²) in [4.78, 5) is 21.3. The minimum Gasteiger partial charge on any atom is -0.489 e. The molecule has 1 N–H and O–H groups in total. The molecule has 3 aromatic heterocycles. The second-order valence-corrected chi connectivity index (χ2v) is 10.2. The number of halogens is 1. The number of pyridine rings is 2. The summed E-state index contributed by atoms with van der Waals surface area (Å²) in [5.41, 5.74) is 2.41. The number of fused-ring (bicyclic) bond motifs is 1. The van der Waals surface area contributed by atoms with Crippen molar-refractivity contribution < 1.29 is 19.0 Å². The highest BCUT2D eigenvalue weighted by molar-refractivity contribution is 5.85. The van der Waals surface area contributed by atoms with Crippen molar-refractivity contribution in [3.05, 3.63) is 78.0 Å². The molecule has 0 saturated carbocycles. The van der Waals surface area contributed by atoms with Gasteiger partial charge in [-0.25, -0.2) is 13.9 Å². The second kappa shape index (κ2) is 10.7. The lowest BCUT2D eigenvalue weighted by Gasteiger charge is -2.35. The van der Waals surface area contributed by atoms with Gasteiger partial charge in [0.15, 0.2) is 0 Å². The van der Waals surface area contributed by atoms with Crippen LogP contribution in [0.25, 0.3) is 16.6 Å². The molecule has 1 fully saturated rings. The molecule has 39 heavy (non-hydrogen) atoms. The molecule has 4 aromatic rings. The Morgan fingerprint density at radius 2 is 1.87 bits per heavy atom. The van der Waals surface area contributed by atoms with E-state index in [1.165, 1.54) is 18.3 Å². The minimum absolute atomic E-state index is 0.0226. The number of nitriles is 1. The molecular formula is C29H29FN6O3. The number of aromatic nitrogens is 3. The highest BCUT2D eigenvalue weighted by atomic mass is 19.1. The van der Waals surface area contributed by atoms with Crippen LogP contribution in [0.1, 0.15) is 25.0 Å². The van der Waals surface area contributed by atoms with Crippen LogP contribution in [0.3, 0.4) is 0 Å². The van der Waals surface area contributed by atoms with Crippen LogP contribution in [0.5, 0.6) is 5.75 Å². The van der Waals surface area contributed by atoms with E-state index in [2.05, 4.69) is 21.1 Å². The molecule has 0 bridgehead atoms. The topological polar surface area (TPSA) is 107 Å². The summed E-state index contributed by atoms with van der Waals surface area (Å²) in [6.45, 7) is 5.87. The lowest BCUT2D eigenvalue weighted by molar-refractivity contribution is -0.130. The SMILES string of the molecule is CC(C)(O)COc1cc(-c2ccc(N3CCN(C(=O)Cc4ccc(F)cc4)CC3)nc2)c2c(C#N)cnn2c1. The summed E-state index contributed by atoms with van der Waals surface area (Å²) in [6.07, 6.45) is 5.20. The van der Waals surface area contributed by atoms with Gasteiger partial charge in [-0.15, -0.1) is 0 Å². The summed E-state index contributed by atoms with van der Waals surface area (Å²) in [5.74, 6) is 1.01. The van der Waals surface area contributed by atoms with Crippen molar-refractivity contribution in [1.29, 1.82) is 5.26 Å². The van der Waals surface area contributed by atoms with Crippen molar-refractivity contribution in [3.8, 4) is 22.9 Å². The summed E-state index contributed by atoms with van der Waals surface area (Å²) in [6, 6.07) is 13.9. The average Bonchev–Trinajstić information content (AvgIpc) is 3.36. The Kier molecular flexibility index (Phi) is 7.17. The van der Waals surface area contributed by atoms with Crippen molar-refractivity contribution in [3.63, 3.8) is 0 Å². The number of hydrogen-bond donors (Lipinski definition) is 1. The van der Waals surface area contributed by atoms with E-state index in [9.17, 15) is 19.6 Å². The Bertz CT molecular complexity index is 1510. The monoisotopic (exact) mass is 528 g/mol. The number of rotatable bonds is 7. The minimum atomic E-state index is -1.00. The Morgan fingerprint density at radius 1 is 1.13 bits per heavy atom. The molecule has 10 heteroatoms. The zero-order valence-corrected chi connectivity index (χ0v) is 21.8. The van der Waals surface area contributed by atoms with Gasteiger partial charge >= 0.3 is 0 Å². The molecule has 0 aliphatic carbocycles. The van der Waals surface area contributed by atoms with E-state index in [0.29, 0.717) is 43.0 Å². The number of benzene rings is 1. The molecule has 4 heterocycles. The maximum absolute atomic E-state index is 13.1. The average molecular weight is 529 g/mol. The number of anilines is 1. The fraction of sp³-hybridized carbons (Fsp3) is 0.310. The lowest BCUT2D eigenvalue weighted by atomic mass is 10.1. The molecule has 1 saturated heterocycles. The van der Waals surface area contributed by atoms with Gasteiger partial charge in [-0.2, -0.15) is 10.4 Å². The lowest BCUT2D eigenvalue weighted by Crippen LogP contribution is -2.49. The van der Waals surface area contributed by atoms with E-state index < -0.39 is 5.60 Å². The molecule has 0 unspecified atom stereocenters. The third-order valence-electron chi connectivity index (χ3n) is 6.58. The van der Waals surface area contributed by atoms with E-state index in [0.717, 1.165) is 22.5 Å². The number of carbonyl (C=O) groups is 1. The second-order valence-electron chi connectivity index (χ2n) is 10.2. The smallest absolute Gasteiger partial charge is 0.227 e. The highest BCUT2D eigenvalue weighted by Gasteiger charge is 2.23. The number of piperazine rings is 1. The molecule has 1 aliphatic rings. The van der Waals surface area contributed by atoms with Gasteiger partial charge in [-0.05, 0) is 49.7 Å². The van der Waals surface area contributed by atoms with Crippen molar-refractivity contribution in [2.75, 3.05) is 37.7 Å². The van der Waals surface area contributed by atoms with Gasteiger partial charge in [-0.3, -0.25) is 4.79 Å². The number of hydrogen-bond acceptors (Lipinski definition) is 7. The predicted octanol–water partition coefficient (Wildman–Crippen LogP) is 3.45. The van der Waals surface area contributed by atoms with Gasteiger partial charge in [0.1, 0.15) is 30.1 Å². The van der Waals surface area contributed by atoms with E-state index in [-0.39, 0.29) is 24.8 Å². The first kappa shape index (κ1) is 26.1. The summed E-state index contributed by atoms with van der Waals surface area (Å²) in [5, 5.41) is 24.0. The third kappa shape index (κ3) is 5.99. The van der Waals surface area contributed by atoms with Gasteiger partial charge < -0.3 is 19.6 Å². The molecule has 1 aliphatic heterocycles. The molecule has 200 valence electrons. The van der Waals surface area contributed by atoms with Crippen LogP contribution in [-0.4, -0.2) is 68.9 Å². The first-order valence-electron chi connectivity index (χ1n) is 12.7. The third-order valence-corrected chi connectivity index (χ3v) is 6.58. The standard InChI is InChI=1S/C29H29FN6O3/c1-29(2,38)19-39-24-14-25(28-22(15-31)17-33-36(28)18-24)21-5-8-26(32-16-21)34-9-11-35(12-10-34)27(37)13-20-3-6-23(30)7-4-20/h3-8,14,16-18,38H,9-13,19H2,1-2H3. The normalized spacial score (nSPS) is 13.9. The van der Waals surface area contributed by atoms with Crippen LogP contribution in [0.15, 0.2) is 61.1 Å². The molecule has 0 atom stereocenters. The maximum atomic E-state index is 13.1. The largest absolute Gasteiger partial charge is 0.489 e. The van der Waals surface area contributed by atoms with Crippen LogP contribution in [0, 0.1) is 17.1 Å². The van der Waals surface area contributed by atoms with Gasteiger partial charge in [-0.1, -0.05) is 12.1 Å². The Labute approximate surface area is 225 Å². The fourth-order valence-corrected chi connectivity index (χ4v) is 4.54. The highest BCUT2D eigenvalue weighted by Crippen LogP contribution is 2.31. The Morgan fingerprint density at radius 3 is 2.51 bits per heavy atom. The van der Waals surface area contributed by atoms with Crippen LogP contribution in [0.2, 0.25) is 0 Å². The predicted molar refractivity (Wildman–Crippen MR) is 144 cm³/mol. The Balaban J connectivity index is 1.29. The molecule has 0 spiro atoms. The van der Waals surface area contributed by atoms with Crippen LogP contribution >= 0.6 is 0 Å². The summed E-state index contributed by atoms with van der Waals surface area (Å²) >= 11 is 0. The number of aliphatic hydroxyl groups is 1. The van der Waals surface area contributed by atoms with E-state index in [4.69, 9.17) is 4.74 Å². The van der Waals surface area contributed by atoms with Gasteiger partial charge in [0.2, 0.25) is 5.91 Å². The maximum Gasteiger partial charge on any atom is 0.227 e. The van der Waals surface area contributed by atoms with E-state index in [1.807, 2.05) is 23.1 Å². The molecule has 1 aromatic carbocycles. The quantitative estimate of drug-likeness (QED) is 0.392. The molecule has 1 amide bonds. The van der Waals surface area contributed by atoms with Crippen LogP contribution < -0.4 is 9.64 Å². The molecular weight excluding hydrogens is 499 g/mol. The number of carbonyl (C=O) groups excluding carboxylic acids is 1. The zero-order valence-electron chi connectivity index (χ0n) is 21.8. The van der Waals surface area contributed by atoms with Crippen molar-refractivity contribution in [2.45, 2.75) is 25.9 Å². The number of ether oxygens (including phenoxy) is 1. The van der Waals surface area contributed by atoms with Gasteiger partial charge in [0.05, 0.1) is 35.5 Å². The van der Waals surface area contributed by atoms with Crippen molar-refractivity contribution in [2.24, 2.45) is 0 Å². The fourth-order valence-electron chi connectivity index (χ4n) is 4.54. The van der Waals surface area contributed by atoms with Crippen LogP contribution in [-0.2, 0) is 11.2 Å². The molecule has 5 rings (SSSR count). The van der Waals surface area contributed by atoms with Crippen molar-refractivity contribution >= 4 is 17.2 Å². The first-order chi connectivity index (χ1) is 18.7. The van der Waals surface area contributed by atoms with E-state index >= 15 is 0 Å². The van der Waals surface area contributed by atoms with Crippen molar-refractivity contribution in [1.82, 2.24) is 19.5 Å².